The van der Waals surface area contributed by atoms with E-state index in [1.165, 1.54) is 12.0 Å². The van der Waals surface area contributed by atoms with Crippen molar-refractivity contribution in [3.63, 3.8) is 0 Å². The van der Waals surface area contributed by atoms with Crippen molar-refractivity contribution < 1.29 is 0 Å². The molecule has 8 rings (SSSR count). The first-order valence-electron chi connectivity index (χ1n) is 13.6. The zero-order chi connectivity index (χ0) is 27.2. The fourth-order valence-corrected chi connectivity index (χ4v) is 5.67. The molecule has 5 aromatic heterocycles. The maximum atomic E-state index is 4.80. The van der Waals surface area contributed by atoms with Crippen LogP contribution in [0.4, 0.5) is 17.5 Å². The second-order valence-corrected chi connectivity index (χ2v) is 10.7. The van der Waals surface area contributed by atoms with Gasteiger partial charge in [0.05, 0.1) is 0 Å². The second kappa shape index (κ2) is 9.83. The van der Waals surface area contributed by atoms with E-state index < -0.39 is 0 Å². The highest BCUT2D eigenvalue weighted by Crippen LogP contribution is 2.35. The summed E-state index contributed by atoms with van der Waals surface area (Å²) in [5.41, 5.74) is 5.06. The largest absolute Gasteiger partial charge is 0.353 e. The maximum Gasteiger partial charge on any atom is 0.163 e. The first-order valence-corrected chi connectivity index (χ1v) is 13.6. The zero-order valence-corrected chi connectivity index (χ0v) is 22.8. The molecule has 0 radical (unpaired) electrons. The van der Waals surface area contributed by atoms with Gasteiger partial charge >= 0.3 is 0 Å². The quantitative estimate of drug-likeness (QED) is 0.320. The summed E-state index contributed by atoms with van der Waals surface area (Å²) in [7, 11) is 0. The lowest BCUT2D eigenvalue weighted by Gasteiger charge is -2.56. The number of H-pyrrole nitrogens is 1. The van der Waals surface area contributed by atoms with Crippen LogP contribution in [0.2, 0.25) is 0 Å². The Morgan fingerprint density at radius 1 is 0.900 bits per heavy atom. The molecule has 3 fully saturated rings. The summed E-state index contributed by atoms with van der Waals surface area (Å²) < 4.78 is 1.86. The van der Waals surface area contributed by atoms with E-state index in [4.69, 9.17) is 9.97 Å². The predicted octanol–water partition coefficient (Wildman–Crippen LogP) is 3.97. The van der Waals surface area contributed by atoms with E-state index >= 15 is 0 Å². The molecule has 8 heterocycles. The lowest BCUT2D eigenvalue weighted by atomic mass is 9.87. The number of nitrogens with zero attached hydrogens (tertiary/aromatic N) is 9. The number of piperidine rings is 1. The molecule has 0 spiro atoms. The van der Waals surface area contributed by atoms with Crippen molar-refractivity contribution in [1.82, 2.24) is 44.8 Å². The number of hydrogen-bond donors (Lipinski definition) is 2. The topological polar surface area (TPSA) is 117 Å². The SMILES string of the molecule is Cc1cc(Nc2cc(C)[nH]n2)nc(-c2ccc(N3CC4CC(C3)N4Cc3ccc(-n4nccc4C)nc3)nc2)n1. The van der Waals surface area contributed by atoms with E-state index in [-0.39, 0.29) is 0 Å². The van der Waals surface area contributed by atoms with Crippen molar-refractivity contribution >= 4 is 17.5 Å². The van der Waals surface area contributed by atoms with Crippen LogP contribution in [0.5, 0.6) is 0 Å². The van der Waals surface area contributed by atoms with E-state index in [1.54, 1.807) is 6.20 Å². The summed E-state index contributed by atoms with van der Waals surface area (Å²) in [5, 5.41) is 14.8. The first-order chi connectivity index (χ1) is 19.5. The van der Waals surface area contributed by atoms with Crippen molar-refractivity contribution in [1.29, 1.82) is 0 Å². The van der Waals surface area contributed by atoms with Crippen LogP contribution < -0.4 is 10.2 Å². The molecule has 2 N–H and O–H groups in total. The minimum atomic E-state index is 0.521. The molecule has 0 saturated carbocycles. The number of aromatic nitrogens is 8. The number of rotatable bonds is 7. The maximum absolute atomic E-state index is 4.80. The summed E-state index contributed by atoms with van der Waals surface area (Å²) in [6.45, 7) is 8.82. The molecular formula is C29H31N11. The summed E-state index contributed by atoms with van der Waals surface area (Å²) in [4.78, 5) is 23.8. The van der Waals surface area contributed by atoms with E-state index in [9.17, 15) is 0 Å². The summed E-state index contributed by atoms with van der Waals surface area (Å²) in [6.07, 6.45) is 6.88. The van der Waals surface area contributed by atoms with E-state index in [2.05, 4.69) is 64.6 Å². The molecule has 2 bridgehead atoms. The summed E-state index contributed by atoms with van der Waals surface area (Å²) in [6, 6.07) is 15.2. The van der Waals surface area contributed by atoms with Gasteiger partial charge in [-0.3, -0.25) is 10.00 Å². The third kappa shape index (κ3) is 4.68. The van der Waals surface area contributed by atoms with Gasteiger partial charge in [-0.25, -0.2) is 24.6 Å². The van der Waals surface area contributed by atoms with Crippen LogP contribution in [0.3, 0.4) is 0 Å². The standard InChI is InChI=1S/C29H31N11/c1-18-10-25(34-26-11-19(2)36-37-26)35-29(33-18)22-5-7-27(31-14-22)38-16-23-12-24(17-38)39(23)15-21-4-6-28(30-13-21)40-20(3)8-9-32-40/h4-11,13-14,23-24H,12,15-17H2,1-3H3,(H2,33,34,35,36,37). The highest BCUT2D eigenvalue weighted by molar-refractivity contribution is 5.61. The van der Waals surface area contributed by atoms with Crippen molar-refractivity contribution in [3.8, 4) is 17.2 Å². The molecule has 0 amide bonds. The van der Waals surface area contributed by atoms with Crippen LogP contribution in [-0.4, -0.2) is 70.0 Å². The van der Waals surface area contributed by atoms with Gasteiger partial charge in [0.15, 0.2) is 17.5 Å². The van der Waals surface area contributed by atoms with E-state index in [0.717, 1.165) is 59.7 Å². The summed E-state index contributed by atoms with van der Waals surface area (Å²) in [5.74, 6) is 3.92. The molecule has 2 unspecified atom stereocenters. The highest BCUT2D eigenvalue weighted by Gasteiger charge is 2.44. The van der Waals surface area contributed by atoms with Crippen molar-refractivity contribution in [2.24, 2.45) is 0 Å². The Balaban J connectivity index is 0.994. The molecule has 5 aromatic rings. The molecule has 3 aliphatic heterocycles. The van der Waals surface area contributed by atoms with Gasteiger partial charge in [0.1, 0.15) is 11.6 Å². The predicted molar refractivity (Wildman–Crippen MR) is 153 cm³/mol. The van der Waals surface area contributed by atoms with Crippen molar-refractivity contribution in [2.75, 3.05) is 23.3 Å². The Morgan fingerprint density at radius 2 is 1.73 bits per heavy atom. The Labute approximate surface area is 232 Å². The molecule has 0 aliphatic carbocycles. The van der Waals surface area contributed by atoms with Crippen molar-refractivity contribution in [2.45, 2.75) is 45.8 Å². The molecule has 11 nitrogen and oxygen atoms in total. The van der Waals surface area contributed by atoms with Gasteiger partial charge < -0.3 is 10.2 Å². The number of aryl methyl sites for hydroxylation is 3. The van der Waals surface area contributed by atoms with Crippen LogP contribution in [0, 0.1) is 20.8 Å². The number of nitrogens with one attached hydrogen (secondary N) is 2. The minimum absolute atomic E-state index is 0.521. The smallest absolute Gasteiger partial charge is 0.163 e. The highest BCUT2D eigenvalue weighted by atomic mass is 15.4. The monoisotopic (exact) mass is 533 g/mol. The summed E-state index contributed by atoms with van der Waals surface area (Å²) >= 11 is 0. The average Bonchev–Trinajstić information content (AvgIpc) is 3.59. The zero-order valence-electron chi connectivity index (χ0n) is 22.8. The Kier molecular flexibility index (Phi) is 6.00. The third-order valence-corrected chi connectivity index (χ3v) is 7.71. The third-order valence-electron chi connectivity index (χ3n) is 7.71. The van der Waals surface area contributed by atoms with E-state index in [0.29, 0.717) is 23.7 Å². The number of aromatic amines is 1. The Bertz CT molecular complexity index is 1630. The fourth-order valence-electron chi connectivity index (χ4n) is 5.67. The van der Waals surface area contributed by atoms with Gasteiger partial charge in [-0.1, -0.05) is 6.07 Å². The molecule has 0 aromatic carbocycles. The molecule has 3 aliphatic rings. The molecule has 11 heteroatoms. The van der Waals surface area contributed by atoms with Crippen LogP contribution in [0.15, 0.2) is 61.1 Å². The molecule has 40 heavy (non-hydrogen) atoms. The molecule has 3 saturated heterocycles. The number of piperazine rings is 1. The lowest BCUT2D eigenvalue weighted by Crippen LogP contribution is -2.68. The number of fused-ring (bicyclic) bond motifs is 2. The van der Waals surface area contributed by atoms with Crippen LogP contribution in [0.25, 0.3) is 17.2 Å². The van der Waals surface area contributed by atoms with Gasteiger partial charge in [0.25, 0.3) is 0 Å². The lowest BCUT2D eigenvalue weighted by molar-refractivity contribution is -0.00875. The molecule has 202 valence electrons. The second-order valence-electron chi connectivity index (χ2n) is 10.7. The average molecular weight is 534 g/mol. The van der Waals surface area contributed by atoms with E-state index in [1.807, 2.05) is 56.0 Å². The first kappa shape index (κ1) is 24.4. The Morgan fingerprint density at radius 3 is 2.40 bits per heavy atom. The van der Waals surface area contributed by atoms with Gasteiger partial charge in [-0.2, -0.15) is 10.2 Å². The number of pyridine rings is 2. The minimum Gasteiger partial charge on any atom is -0.353 e. The normalized spacial score (nSPS) is 18.5. The number of anilines is 3. The van der Waals surface area contributed by atoms with Gasteiger partial charge in [-0.15, -0.1) is 0 Å². The van der Waals surface area contributed by atoms with Gasteiger partial charge in [0, 0.05) is 85.1 Å². The number of hydrogen-bond acceptors (Lipinski definition) is 9. The van der Waals surface area contributed by atoms with Crippen molar-refractivity contribution in [3.05, 3.63) is 83.7 Å². The molecular weight excluding hydrogens is 502 g/mol. The molecule has 2 atom stereocenters. The van der Waals surface area contributed by atoms with Gasteiger partial charge in [-0.05, 0) is 57.0 Å². The fraction of sp³-hybridized carbons (Fsp3) is 0.310. The van der Waals surface area contributed by atoms with Crippen LogP contribution >= 0.6 is 0 Å². The van der Waals surface area contributed by atoms with Crippen LogP contribution in [-0.2, 0) is 6.54 Å². The van der Waals surface area contributed by atoms with Crippen LogP contribution in [0.1, 0.15) is 29.1 Å². The Hall–Kier alpha value is -4.64. The van der Waals surface area contributed by atoms with Gasteiger partial charge in [0.2, 0.25) is 0 Å².